The molecule has 34 heavy (non-hydrogen) atoms. The van der Waals surface area contributed by atoms with Crippen molar-refractivity contribution in [2.45, 2.75) is 57.8 Å². The Morgan fingerprint density at radius 1 is 1.09 bits per heavy atom. The second kappa shape index (κ2) is 8.74. The Hall–Kier alpha value is -2.84. The highest BCUT2D eigenvalue weighted by Gasteiger charge is 2.41. The number of carbonyl (C=O) groups excluding carboxylic acids is 2. The Kier molecular flexibility index (Phi) is 5.90. The summed E-state index contributed by atoms with van der Waals surface area (Å²) < 4.78 is 23.1. The van der Waals surface area contributed by atoms with Crippen LogP contribution in [0.4, 0.5) is 5.69 Å². The van der Waals surface area contributed by atoms with Crippen LogP contribution in [0.1, 0.15) is 61.9 Å². The smallest absolute Gasteiger partial charge is 0.289 e. The molecule has 0 N–H and O–H groups in total. The third-order valence-corrected chi connectivity index (χ3v) is 7.38. The Bertz CT molecular complexity index is 1070. The third-order valence-electron chi connectivity index (χ3n) is 7.38. The van der Waals surface area contributed by atoms with Crippen molar-refractivity contribution in [3.05, 3.63) is 47.4 Å². The number of amides is 2. The van der Waals surface area contributed by atoms with Crippen LogP contribution in [0.5, 0.6) is 5.75 Å². The zero-order valence-corrected chi connectivity index (χ0v) is 20.1. The number of hydrogen-bond donors (Lipinski definition) is 0. The molecule has 8 heteroatoms. The van der Waals surface area contributed by atoms with Gasteiger partial charge in [0.25, 0.3) is 11.8 Å². The lowest BCUT2D eigenvalue weighted by Crippen LogP contribution is -2.47. The fourth-order valence-electron chi connectivity index (χ4n) is 4.73. The van der Waals surface area contributed by atoms with Gasteiger partial charge < -0.3 is 23.5 Å². The molecule has 4 heterocycles. The molecule has 3 aliphatic rings. The number of carbonyl (C=O) groups is 2. The maximum Gasteiger partial charge on any atom is 0.289 e. The van der Waals surface area contributed by atoms with E-state index in [1.807, 2.05) is 12.1 Å². The zero-order chi connectivity index (χ0) is 23.9. The fourth-order valence-corrected chi connectivity index (χ4v) is 4.73. The zero-order valence-electron chi connectivity index (χ0n) is 20.1. The average Bonchev–Trinajstić information content (AvgIpc) is 3.51. The average molecular weight is 469 g/mol. The Balaban J connectivity index is 1.30. The van der Waals surface area contributed by atoms with Gasteiger partial charge in [-0.1, -0.05) is 26.8 Å². The summed E-state index contributed by atoms with van der Waals surface area (Å²) >= 11 is 0. The number of furan rings is 1. The largest absolute Gasteiger partial charge is 0.482 e. The quantitative estimate of drug-likeness (QED) is 0.663. The first kappa shape index (κ1) is 22.9. The molecule has 1 aromatic carbocycles. The van der Waals surface area contributed by atoms with E-state index in [9.17, 15) is 9.59 Å². The van der Waals surface area contributed by atoms with Gasteiger partial charge in [-0.25, -0.2) is 0 Å². The molecule has 0 aliphatic carbocycles. The number of benzene rings is 1. The lowest BCUT2D eigenvalue weighted by molar-refractivity contribution is -0.181. The molecular weight excluding hydrogens is 436 g/mol. The van der Waals surface area contributed by atoms with Crippen LogP contribution >= 0.6 is 0 Å². The van der Waals surface area contributed by atoms with Gasteiger partial charge in [0.15, 0.2) is 18.2 Å². The predicted molar refractivity (Wildman–Crippen MR) is 125 cm³/mol. The molecule has 0 saturated carbocycles. The summed E-state index contributed by atoms with van der Waals surface area (Å²) in [5.41, 5.74) is 1.86. The highest BCUT2D eigenvalue weighted by molar-refractivity contribution is 5.98. The highest BCUT2D eigenvalue weighted by Crippen LogP contribution is 2.38. The Morgan fingerprint density at radius 3 is 2.53 bits per heavy atom. The molecule has 2 fully saturated rings. The number of fused-ring (bicyclic) bond motifs is 1. The second-order valence-electron chi connectivity index (χ2n) is 9.85. The first-order valence-corrected chi connectivity index (χ1v) is 12.0. The van der Waals surface area contributed by atoms with Crippen LogP contribution in [0.25, 0.3) is 0 Å². The van der Waals surface area contributed by atoms with Crippen LogP contribution in [0.2, 0.25) is 0 Å². The van der Waals surface area contributed by atoms with Gasteiger partial charge in [0, 0.05) is 25.9 Å². The normalized spacial score (nSPS) is 19.9. The van der Waals surface area contributed by atoms with Crippen LogP contribution in [-0.4, -0.2) is 55.4 Å². The third kappa shape index (κ3) is 4.20. The summed E-state index contributed by atoms with van der Waals surface area (Å²) in [6.45, 7) is 9.06. The van der Waals surface area contributed by atoms with Crippen molar-refractivity contribution in [2.24, 2.45) is 0 Å². The minimum atomic E-state index is -0.527. The number of rotatable bonds is 5. The number of hydrogen-bond acceptors (Lipinski definition) is 6. The molecule has 2 saturated heterocycles. The van der Waals surface area contributed by atoms with Gasteiger partial charge in [-0.15, -0.1) is 0 Å². The van der Waals surface area contributed by atoms with Crippen LogP contribution < -0.4 is 9.64 Å². The van der Waals surface area contributed by atoms with Crippen molar-refractivity contribution in [3.8, 4) is 5.75 Å². The van der Waals surface area contributed by atoms with Crippen LogP contribution in [0, 0.1) is 0 Å². The van der Waals surface area contributed by atoms with Gasteiger partial charge in [0.1, 0.15) is 11.5 Å². The maximum absolute atomic E-state index is 13.0. The van der Waals surface area contributed by atoms with E-state index in [2.05, 4.69) is 26.8 Å². The Labute approximate surface area is 199 Å². The molecule has 182 valence electrons. The van der Waals surface area contributed by atoms with Gasteiger partial charge in [0.05, 0.1) is 25.4 Å². The van der Waals surface area contributed by atoms with Crippen LogP contribution in [-0.2, 0) is 26.2 Å². The standard InChI is InChI=1S/C26H32N2O6/c1-4-25(2,3)18-5-7-21-20(15-18)28(23(29)17-31-21)16-19-6-8-22(34-19)24(30)27-11-9-26(10-12-27)32-13-14-33-26/h5-8,15H,4,9-14,16-17H2,1-3H3. The number of nitrogens with zero attached hydrogens (tertiary/aromatic N) is 2. The molecular formula is C26H32N2O6. The molecule has 3 aliphatic heterocycles. The fraction of sp³-hybridized carbons (Fsp3) is 0.538. The summed E-state index contributed by atoms with van der Waals surface area (Å²) in [4.78, 5) is 29.2. The molecule has 8 nitrogen and oxygen atoms in total. The van der Waals surface area contributed by atoms with Crippen molar-refractivity contribution in [1.29, 1.82) is 0 Å². The monoisotopic (exact) mass is 468 g/mol. The molecule has 0 bridgehead atoms. The van der Waals surface area contributed by atoms with Gasteiger partial charge in [-0.3, -0.25) is 14.5 Å². The SMILES string of the molecule is CCC(C)(C)c1ccc2c(c1)N(Cc1ccc(C(=O)N3CCC4(CC3)OCCO4)o1)C(=O)CO2. The van der Waals surface area contributed by atoms with E-state index in [0.29, 0.717) is 50.7 Å². The number of anilines is 1. The van der Waals surface area contributed by atoms with Gasteiger partial charge in [0.2, 0.25) is 0 Å². The van der Waals surface area contributed by atoms with Crippen molar-refractivity contribution in [3.63, 3.8) is 0 Å². The van der Waals surface area contributed by atoms with E-state index >= 15 is 0 Å². The van der Waals surface area contributed by atoms with Crippen molar-refractivity contribution in [2.75, 3.05) is 37.8 Å². The number of likely N-dealkylation sites (tertiary alicyclic amines) is 1. The van der Waals surface area contributed by atoms with E-state index in [4.69, 9.17) is 18.6 Å². The lowest BCUT2D eigenvalue weighted by atomic mass is 9.82. The molecule has 2 aromatic rings. The summed E-state index contributed by atoms with van der Waals surface area (Å²) in [5.74, 6) is 0.694. The van der Waals surface area contributed by atoms with Gasteiger partial charge in [-0.2, -0.15) is 0 Å². The van der Waals surface area contributed by atoms with Crippen molar-refractivity contribution >= 4 is 17.5 Å². The van der Waals surface area contributed by atoms with Crippen LogP contribution in [0.15, 0.2) is 34.7 Å². The minimum absolute atomic E-state index is 0.0182. The van der Waals surface area contributed by atoms with E-state index in [1.54, 1.807) is 21.9 Å². The Morgan fingerprint density at radius 2 is 1.82 bits per heavy atom. The van der Waals surface area contributed by atoms with Crippen LogP contribution in [0.3, 0.4) is 0 Å². The summed E-state index contributed by atoms with van der Waals surface area (Å²) in [6.07, 6.45) is 2.28. The summed E-state index contributed by atoms with van der Waals surface area (Å²) in [5, 5.41) is 0. The number of piperidine rings is 1. The molecule has 0 radical (unpaired) electrons. The molecule has 1 aromatic heterocycles. The van der Waals surface area contributed by atoms with Gasteiger partial charge >= 0.3 is 0 Å². The second-order valence-corrected chi connectivity index (χ2v) is 9.85. The first-order chi connectivity index (χ1) is 16.3. The topological polar surface area (TPSA) is 81.5 Å². The van der Waals surface area contributed by atoms with Crippen molar-refractivity contribution < 1.29 is 28.2 Å². The molecule has 1 spiro atoms. The van der Waals surface area contributed by atoms with E-state index in [1.165, 1.54) is 0 Å². The lowest BCUT2D eigenvalue weighted by Gasteiger charge is -2.37. The molecule has 2 amide bonds. The van der Waals surface area contributed by atoms with E-state index in [-0.39, 0.29) is 36.1 Å². The van der Waals surface area contributed by atoms with Crippen molar-refractivity contribution in [1.82, 2.24) is 4.90 Å². The number of ether oxygens (including phenoxy) is 3. The van der Waals surface area contributed by atoms with Gasteiger partial charge in [-0.05, 0) is 41.7 Å². The highest BCUT2D eigenvalue weighted by atomic mass is 16.7. The first-order valence-electron chi connectivity index (χ1n) is 12.0. The predicted octanol–water partition coefficient (Wildman–Crippen LogP) is 3.87. The van der Waals surface area contributed by atoms with E-state index < -0.39 is 5.79 Å². The summed E-state index contributed by atoms with van der Waals surface area (Å²) in [7, 11) is 0. The summed E-state index contributed by atoms with van der Waals surface area (Å²) in [6, 6.07) is 9.47. The minimum Gasteiger partial charge on any atom is -0.482 e. The van der Waals surface area contributed by atoms with E-state index in [0.717, 1.165) is 17.7 Å². The molecule has 0 atom stereocenters. The molecule has 5 rings (SSSR count). The molecule has 0 unspecified atom stereocenters. The maximum atomic E-state index is 13.0.